The molecule has 0 amide bonds. The van der Waals surface area contributed by atoms with Crippen molar-refractivity contribution < 1.29 is 14.0 Å². The average Bonchev–Trinajstić information content (AvgIpc) is 2.45. The Kier molecular flexibility index (Phi) is 9.91. The van der Waals surface area contributed by atoms with E-state index < -0.39 is 8.32 Å². The lowest BCUT2D eigenvalue weighted by molar-refractivity contribution is -0.138. The van der Waals surface area contributed by atoms with Crippen LogP contribution in [0.3, 0.4) is 0 Å². The largest absolute Gasteiger partial charge is 0.463 e. The quantitative estimate of drug-likeness (QED) is 0.254. The van der Waals surface area contributed by atoms with E-state index >= 15 is 0 Å². The smallest absolute Gasteiger partial charge is 0.333 e. The van der Waals surface area contributed by atoms with E-state index in [-0.39, 0.29) is 17.0 Å². The van der Waals surface area contributed by atoms with Crippen LogP contribution in [0.15, 0.2) is 23.3 Å². The molecule has 1 atom stereocenters. The van der Waals surface area contributed by atoms with Crippen molar-refractivity contribution in [2.45, 2.75) is 72.1 Å². The summed E-state index contributed by atoms with van der Waals surface area (Å²) in [5, 5.41) is 0.223. The Labute approximate surface area is 156 Å². The molecule has 146 valence electrons. The van der Waals surface area contributed by atoms with E-state index in [4.69, 9.17) is 9.16 Å². The maximum atomic E-state index is 11.8. The van der Waals surface area contributed by atoms with Gasteiger partial charge in [0.15, 0.2) is 8.32 Å². The van der Waals surface area contributed by atoms with Crippen LogP contribution in [0.2, 0.25) is 18.1 Å². The summed E-state index contributed by atoms with van der Waals surface area (Å²) in [6.45, 7) is 18.1. The lowest BCUT2D eigenvalue weighted by atomic mass is 10.0. The highest BCUT2D eigenvalue weighted by Gasteiger charge is 2.36. The highest BCUT2D eigenvalue weighted by molar-refractivity contribution is 6.74. The fourth-order valence-corrected chi connectivity index (χ4v) is 2.95. The Morgan fingerprint density at radius 3 is 2.20 bits per heavy atom. The molecule has 0 fully saturated rings. The molecule has 25 heavy (non-hydrogen) atoms. The molecule has 0 heterocycles. The Morgan fingerprint density at radius 1 is 1.20 bits per heavy atom. The first-order valence-corrected chi connectivity index (χ1v) is 12.0. The van der Waals surface area contributed by atoms with Crippen molar-refractivity contribution in [3.63, 3.8) is 0 Å². The second kappa shape index (κ2) is 10.3. The monoisotopic (exact) mass is 369 g/mol. The molecule has 0 aromatic rings. The highest BCUT2D eigenvalue weighted by atomic mass is 28.4. The molecule has 0 bridgehead atoms. The molecule has 1 unspecified atom stereocenters. The van der Waals surface area contributed by atoms with Gasteiger partial charge in [0.25, 0.3) is 0 Å². The van der Waals surface area contributed by atoms with E-state index in [0.717, 1.165) is 6.42 Å². The van der Waals surface area contributed by atoms with Gasteiger partial charge in [-0.2, -0.15) is 0 Å². The number of nitrogens with zero attached hydrogens (tertiary/aromatic N) is 1. The van der Waals surface area contributed by atoms with E-state index in [9.17, 15) is 4.79 Å². The first-order chi connectivity index (χ1) is 11.3. The standard InChI is InChI=1S/C20H39NO3Si/c1-11-23-19(22)17(3)15-18(21(7)8)14-16(2)12-13-24-25(9,10)20(4,5)6/h12,15,18H,11,13-14H2,1-10H3/b16-12+,17-15+. The molecule has 0 aliphatic carbocycles. The molecule has 0 aromatic heterocycles. The third-order valence-electron chi connectivity index (χ3n) is 4.92. The van der Waals surface area contributed by atoms with E-state index in [0.29, 0.717) is 18.8 Å². The number of likely N-dealkylation sites (N-methyl/N-ethyl adjacent to an activating group) is 1. The van der Waals surface area contributed by atoms with E-state index in [2.05, 4.69) is 51.8 Å². The number of hydrogen-bond acceptors (Lipinski definition) is 4. The van der Waals surface area contributed by atoms with Gasteiger partial charge < -0.3 is 14.1 Å². The Morgan fingerprint density at radius 2 is 1.76 bits per heavy atom. The fourth-order valence-electron chi connectivity index (χ4n) is 2.01. The third kappa shape index (κ3) is 8.84. The van der Waals surface area contributed by atoms with Crippen molar-refractivity contribution in [3.05, 3.63) is 23.3 Å². The van der Waals surface area contributed by atoms with Gasteiger partial charge in [-0.1, -0.05) is 38.5 Å². The van der Waals surface area contributed by atoms with Crippen molar-refractivity contribution in [2.75, 3.05) is 27.3 Å². The molecule has 4 nitrogen and oxygen atoms in total. The molecular weight excluding hydrogens is 330 g/mol. The number of ether oxygens (including phenoxy) is 1. The van der Waals surface area contributed by atoms with Crippen LogP contribution in [0.4, 0.5) is 0 Å². The molecule has 0 rings (SSSR count). The van der Waals surface area contributed by atoms with Crippen LogP contribution < -0.4 is 0 Å². The van der Waals surface area contributed by atoms with E-state index in [1.165, 1.54) is 5.57 Å². The highest BCUT2D eigenvalue weighted by Crippen LogP contribution is 2.36. The van der Waals surface area contributed by atoms with Gasteiger partial charge in [0, 0.05) is 11.6 Å². The van der Waals surface area contributed by atoms with Crippen LogP contribution in [0, 0.1) is 0 Å². The van der Waals surface area contributed by atoms with Gasteiger partial charge in [-0.3, -0.25) is 0 Å². The van der Waals surface area contributed by atoms with Gasteiger partial charge in [0.05, 0.1) is 13.2 Å². The average molecular weight is 370 g/mol. The third-order valence-corrected chi connectivity index (χ3v) is 9.42. The molecule has 0 N–H and O–H groups in total. The predicted molar refractivity (Wildman–Crippen MR) is 109 cm³/mol. The van der Waals surface area contributed by atoms with Gasteiger partial charge in [0.1, 0.15) is 0 Å². The summed E-state index contributed by atoms with van der Waals surface area (Å²) >= 11 is 0. The number of carbonyl (C=O) groups excluding carboxylic acids is 1. The minimum atomic E-state index is -1.71. The fraction of sp³-hybridized carbons (Fsp3) is 0.750. The van der Waals surface area contributed by atoms with Crippen LogP contribution in [0.1, 0.15) is 48.0 Å². The van der Waals surface area contributed by atoms with Gasteiger partial charge in [-0.15, -0.1) is 0 Å². The minimum absolute atomic E-state index is 0.161. The molecular formula is C20H39NO3Si. The maximum absolute atomic E-state index is 11.8. The van der Waals surface area contributed by atoms with Gasteiger partial charge in [-0.05, 0) is 59.4 Å². The van der Waals surface area contributed by atoms with Crippen LogP contribution in [-0.2, 0) is 14.0 Å². The predicted octanol–water partition coefficient (Wildman–Crippen LogP) is 4.78. The lowest BCUT2D eigenvalue weighted by Gasteiger charge is -2.35. The number of carbonyl (C=O) groups is 1. The summed E-state index contributed by atoms with van der Waals surface area (Å²) in [7, 11) is 2.34. The summed E-state index contributed by atoms with van der Waals surface area (Å²) in [6, 6.07) is 0.161. The van der Waals surface area contributed by atoms with Gasteiger partial charge in [0.2, 0.25) is 0 Å². The Bertz CT molecular complexity index is 488. The molecule has 0 aliphatic heterocycles. The van der Waals surface area contributed by atoms with E-state index in [1.807, 2.05) is 34.0 Å². The van der Waals surface area contributed by atoms with Crippen molar-refractivity contribution >= 4 is 14.3 Å². The van der Waals surface area contributed by atoms with Crippen LogP contribution >= 0.6 is 0 Å². The van der Waals surface area contributed by atoms with Crippen LogP contribution in [-0.4, -0.2) is 52.5 Å². The molecule has 0 aliphatic rings. The van der Waals surface area contributed by atoms with Crippen LogP contribution in [0.5, 0.6) is 0 Å². The first-order valence-electron chi connectivity index (χ1n) is 9.13. The number of rotatable bonds is 9. The second-order valence-corrected chi connectivity index (χ2v) is 13.2. The lowest BCUT2D eigenvalue weighted by Crippen LogP contribution is -2.40. The zero-order valence-corrected chi connectivity index (χ0v) is 19.0. The summed E-state index contributed by atoms with van der Waals surface area (Å²) in [6.07, 6.45) is 5.03. The molecule has 5 heteroatoms. The molecule has 0 radical (unpaired) electrons. The maximum Gasteiger partial charge on any atom is 0.333 e. The van der Waals surface area contributed by atoms with Gasteiger partial charge in [-0.25, -0.2) is 4.79 Å². The van der Waals surface area contributed by atoms with Crippen molar-refractivity contribution in [2.24, 2.45) is 0 Å². The normalized spacial score (nSPS) is 15.5. The SMILES string of the molecule is CCOC(=O)/C(C)=C/C(C/C(C)=C/CO[Si](C)(C)C(C)(C)C)N(C)C. The van der Waals surface area contributed by atoms with Crippen molar-refractivity contribution in [1.29, 1.82) is 0 Å². The summed E-state index contributed by atoms with van der Waals surface area (Å²) in [4.78, 5) is 13.9. The molecule has 0 saturated carbocycles. The minimum Gasteiger partial charge on any atom is -0.463 e. The molecule has 0 spiro atoms. The second-order valence-electron chi connectivity index (χ2n) is 8.43. The molecule has 0 aromatic carbocycles. The first kappa shape index (κ1) is 24.1. The van der Waals surface area contributed by atoms with Crippen LogP contribution in [0.25, 0.3) is 0 Å². The Hall–Kier alpha value is -0.913. The zero-order valence-electron chi connectivity index (χ0n) is 18.0. The number of esters is 1. The summed E-state index contributed by atoms with van der Waals surface area (Å²) < 4.78 is 11.3. The van der Waals surface area contributed by atoms with Crippen molar-refractivity contribution in [3.8, 4) is 0 Å². The topological polar surface area (TPSA) is 38.8 Å². The van der Waals surface area contributed by atoms with E-state index in [1.54, 1.807) is 0 Å². The number of hydrogen-bond donors (Lipinski definition) is 0. The van der Waals surface area contributed by atoms with Crippen molar-refractivity contribution in [1.82, 2.24) is 4.90 Å². The zero-order chi connectivity index (χ0) is 19.8. The molecule has 0 saturated heterocycles. The summed E-state index contributed by atoms with van der Waals surface area (Å²) in [5.74, 6) is -0.239. The summed E-state index contributed by atoms with van der Waals surface area (Å²) in [5.41, 5.74) is 1.93. The van der Waals surface area contributed by atoms with Gasteiger partial charge >= 0.3 is 5.97 Å². The Balaban J connectivity index is 4.88.